The Bertz CT molecular complexity index is 1380. The quantitative estimate of drug-likeness (QED) is 0.478. The van der Waals surface area contributed by atoms with E-state index in [-0.39, 0.29) is 11.7 Å². The molecule has 2 amide bonds. The lowest BCUT2D eigenvalue weighted by molar-refractivity contribution is -0.126. The minimum atomic E-state index is -0.997. The third-order valence-corrected chi connectivity index (χ3v) is 6.33. The van der Waals surface area contributed by atoms with Crippen LogP contribution >= 0.6 is 0 Å². The largest absolute Gasteiger partial charge is 0.443 e. The van der Waals surface area contributed by atoms with Gasteiger partial charge >= 0.3 is 6.09 Å². The van der Waals surface area contributed by atoms with Gasteiger partial charge in [-0.25, -0.2) is 13.9 Å². The molecule has 8 heteroatoms. The van der Waals surface area contributed by atoms with E-state index in [9.17, 15) is 14.0 Å². The van der Waals surface area contributed by atoms with Gasteiger partial charge in [-0.15, -0.1) is 0 Å². The van der Waals surface area contributed by atoms with Gasteiger partial charge in [0.05, 0.1) is 28.9 Å². The summed E-state index contributed by atoms with van der Waals surface area (Å²) in [4.78, 5) is 27.0. The first-order chi connectivity index (χ1) is 16.3. The van der Waals surface area contributed by atoms with Crippen molar-refractivity contribution < 1.29 is 18.7 Å². The van der Waals surface area contributed by atoms with Gasteiger partial charge in [0.15, 0.2) is 0 Å². The SMILES string of the molecule is CC1(C)C(=O)N(c2ccc3c(cnn3-c3ccc(F)cc3)c2)[C@@H](c2ccccc2)[C@@H]1OC(N)=O. The summed E-state index contributed by atoms with van der Waals surface area (Å²) in [5.74, 6) is -0.504. The number of hydrogen-bond acceptors (Lipinski definition) is 4. The van der Waals surface area contributed by atoms with Gasteiger partial charge in [-0.3, -0.25) is 4.79 Å². The van der Waals surface area contributed by atoms with E-state index in [0.29, 0.717) is 5.69 Å². The number of anilines is 1. The summed E-state index contributed by atoms with van der Waals surface area (Å²) >= 11 is 0. The lowest BCUT2D eigenvalue weighted by Crippen LogP contribution is -2.37. The highest BCUT2D eigenvalue weighted by Crippen LogP contribution is 2.48. The second-order valence-corrected chi connectivity index (χ2v) is 8.89. The molecular formula is C26H23FN4O3. The first-order valence-electron chi connectivity index (χ1n) is 10.9. The minimum absolute atomic E-state index is 0.183. The van der Waals surface area contributed by atoms with E-state index in [1.54, 1.807) is 41.8 Å². The van der Waals surface area contributed by atoms with Gasteiger partial charge in [0.2, 0.25) is 5.91 Å². The topological polar surface area (TPSA) is 90.4 Å². The lowest BCUT2D eigenvalue weighted by atomic mass is 9.84. The number of fused-ring (bicyclic) bond motifs is 1. The Morgan fingerprint density at radius 2 is 1.71 bits per heavy atom. The molecule has 1 aliphatic heterocycles. The fourth-order valence-corrected chi connectivity index (χ4v) is 4.64. The van der Waals surface area contributed by atoms with Gasteiger partial charge in [0, 0.05) is 11.1 Å². The second kappa shape index (κ2) is 7.98. The summed E-state index contributed by atoms with van der Waals surface area (Å²) in [7, 11) is 0. The van der Waals surface area contributed by atoms with Crippen molar-refractivity contribution in [3.8, 4) is 5.69 Å². The van der Waals surface area contributed by atoms with Gasteiger partial charge < -0.3 is 15.4 Å². The number of amides is 2. The molecule has 0 unspecified atom stereocenters. The molecule has 1 aromatic heterocycles. The average molecular weight is 458 g/mol. The van der Waals surface area contributed by atoms with Crippen LogP contribution in [0.15, 0.2) is 79.0 Å². The van der Waals surface area contributed by atoms with E-state index >= 15 is 0 Å². The lowest BCUT2D eigenvalue weighted by Gasteiger charge is -2.29. The van der Waals surface area contributed by atoms with Gasteiger partial charge in [0.1, 0.15) is 11.9 Å². The maximum Gasteiger partial charge on any atom is 0.404 e. The molecule has 5 rings (SSSR count). The van der Waals surface area contributed by atoms with Crippen molar-refractivity contribution in [2.24, 2.45) is 11.1 Å². The molecular weight excluding hydrogens is 435 g/mol. The third-order valence-electron chi connectivity index (χ3n) is 6.33. The molecule has 2 N–H and O–H groups in total. The summed E-state index contributed by atoms with van der Waals surface area (Å²) in [5, 5.41) is 5.25. The van der Waals surface area contributed by atoms with E-state index in [2.05, 4.69) is 5.10 Å². The highest BCUT2D eigenvalue weighted by Gasteiger charge is 2.57. The number of aromatic nitrogens is 2. The predicted octanol–water partition coefficient (Wildman–Crippen LogP) is 4.74. The maximum absolute atomic E-state index is 13.6. The molecule has 2 atom stereocenters. The Kier molecular flexibility index (Phi) is 5.08. The van der Waals surface area contributed by atoms with E-state index in [1.807, 2.05) is 48.5 Å². The number of nitrogens with two attached hydrogens (primary N) is 1. The smallest absolute Gasteiger partial charge is 0.404 e. The molecule has 2 heterocycles. The predicted molar refractivity (Wildman–Crippen MR) is 126 cm³/mol. The van der Waals surface area contributed by atoms with Gasteiger partial charge in [-0.2, -0.15) is 5.10 Å². The molecule has 34 heavy (non-hydrogen) atoms. The summed E-state index contributed by atoms with van der Waals surface area (Å²) in [6, 6.07) is 20.5. The summed E-state index contributed by atoms with van der Waals surface area (Å²) in [6.45, 7) is 3.51. The molecule has 0 saturated carbocycles. The van der Waals surface area contributed by atoms with Crippen molar-refractivity contribution in [1.82, 2.24) is 9.78 Å². The first-order valence-corrected chi connectivity index (χ1v) is 10.9. The number of rotatable bonds is 4. The molecule has 0 aliphatic carbocycles. The molecule has 1 aliphatic rings. The summed E-state index contributed by atoms with van der Waals surface area (Å²) < 4.78 is 20.6. The molecule has 172 valence electrons. The molecule has 0 bridgehead atoms. The second-order valence-electron chi connectivity index (χ2n) is 8.89. The van der Waals surface area contributed by atoms with Crippen LogP contribution in [0.5, 0.6) is 0 Å². The standard InChI is InChI=1S/C26H23FN4O3/c1-26(2)23(34-25(28)33)22(16-6-4-3-5-7-16)30(24(26)32)20-12-13-21-17(14-20)15-29-31(21)19-10-8-18(27)9-11-19/h3-15,22-23H,1-2H3,(H2,28,33)/t22-,23-/m0/s1. The average Bonchev–Trinajstić information content (AvgIpc) is 3.32. The van der Waals surface area contributed by atoms with Gasteiger partial charge in [0.25, 0.3) is 0 Å². The van der Waals surface area contributed by atoms with Crippen LogP contribution in [0.1, 0.15) is 25.5 Å². The number of hydrogen-bond donors (Lipinski definition) is 1. The Morgan fingerprint density at radius 1 is 1.03 bits per heavy atom. The number of carbonyl (C=O) groups is 2. The van der Waals surface area contributed by atoms with E-state index in [0.717, 1.165) is 22.2 Å². The zero-order chi connectivity index (χ0) is 24.0. The van der Waals surface area contributed by atoms with Crippen molar-refractivity contribution in [3.05, 3.63) is 90.4 Å². The van der Waals surface area contributed by atoms with Crippen LogP contribution in [0.4, 0.5) is 14.9 Å². The van der Waals surface area contributed by atoms with Crippen molar-refractivity contribution in [2.45, 2.75) is 26.0 Å². The fraction of sp³-hybridized carbons (Fsp3) is 0.192. The molecule has 1 fully saturated rings. The molecule has 1 saturated heterocycles. The van der Waals surface area contributed by atoms with E-state index < -0.39 is 23.7 Å². The first kappa shape index (κ1) is 21.6. The highest BCUT2D eigenvalue weighted by molar-refractivity contribution is 6.03. The Morgan fingerprint density at radius 3 is 2.38 bits per heavy atom. The normalized spacial score (nSPS) is 19.5. The number of halogens is 1. The Balaban J connectivity index is 1.61. The molecule has 0 radical (unpaired) electrons. The van der Waals surface area contributed by atoms with Crippen LogP contribution in [0.25, 0.3) is 16.6 Å². The maximum atomic E-state index is 13.6. The number of primary amides is 1. The Labute approximate surface area is 195 Å². The highest BCUT2D eigenvalue weighted by atomic mass is 19.1. The number of carbonyl (C=O) groups excluding carboxylic acids is 2. The number of ether oxygens (including phenoxy) is 1. The number of nitrogens with zero attached hydrogens (tertiary/aromatic N) is 3. The van der Waals surface area contributed by atoms with Crippen molar-refractivity contribution >= 4 is 28.6 Å². The Hall–Kier alpha value is -4.20. The monoisotopic (exact) mass is 458 g/mol. The van der Waals surface area contributed by atoms with E-state index in [4.69, 9.17) is 10.5 Å². The van der Waals surface area contributed by atoms with Crippen molar-refractivity contribution in [1.29, 1.82) is 0 Å². The summed E-state index contributed by atoms with van der Waals surface area (Å²) in [5.41, 5.74) is 7.39. The van der Waals surface area contributed by atoms with Crippen LogP contribution in [-0.4, -0.2) is 27.9 Å². The number of benzene rings is 3. The molecule has 4 aromatic rings. The fourth-order valence-electron chi connectivity index (χ4n) is 4.64. The van der Waals surface area contributed by atoms with Gasteiger partial charge in [-0.1, -0.05) is 30.3 Å². The minimum Gasteiger partial charge on any atom is -0.443 e. The van der Waals surface area contributed by atoms with Crippen LogP contribution in [0.2, 0.25) is 0 Å². The van der Waals surface area contributed by atoms with E-state index in [1.165, 1.54) is 12.1 Å². The zero-order valence-electron chi connectivity index (χ0n) is 18.7. The van der Waals surface area contributed by atoms with Gasteiger partial charge in [-0.05, 0) is 61.9 Å². The van der Waals surface area contributed by atoms with Crippen LogP contribution in [-0.2, 0) is 9.53 Å². The molecule has 0 spiro atoms. The van der Waals surface area contributed by atoms with Crippen LogP contribution in [0.3, 0.4) is 0 Å². The zero-order valence-corrected chi connectivity index (χ0v) is 18.7. The summed E-state index contributed by atoms with van der Waals surface area (Å²) in [6.07, 6.45) is -0.00906. The van der Waals surface area contributed by atoms with Crippen LogP contribution < -0.4 is 10.6 Å². The molecule has 7 nitrogen and oxygen atoms in total. The molecule has 3 aromatic carbocycles. The van der Waals surface area contributed by atoms with Crippen molar-refractivity contribution in [2.75, 3.05) is 4.90 Å². The third kappa shape index (κ3) is 3.48. The van der Waals surface area contributed by atoms with Crippen molar-refractivity contribution in [3.63, 3.8) is 0 Å². The van der Waals surface area contributed by atoms with Crippen LogP contribution in [0, 0.1) is 11.2 Å².